The third kappa shape index (κ3) is 6.03. The van der Waals surface area contributed by atoms with Crippen molar-refractivity contribution >= 4 is 22.4 Å². The zero-order valence-corrected chi connectivity index (χ0v) is 21.3. The van der Waals surface area contributed by atoms with E-state index in [2.05, 4.69) is 4.90 Å². The van der Waals surface area contributed by atoms with Crippen LogP contribution in [0.4, 0.5) is 5.13 Å². The van der Waals surface area contributed by atoms with Crippen LogP contribution < -0.4 is 19.1 Å². The van der Waals surface area contributed by atoms with E-state index in [1.165, 1.54) is 0 Å². The molecule has 5 rings (SSSR count). The fraction of sp³-hybridized carbons (Fsp3) is 0.241. The molecule has 0 saturated carbocycles. The fourth-order valence-electron chi connectivity index (χ4n) is 4.25. The third-order valence-corrected chi connectivity index (χ3v) is 7.28. The summed E-state index contributed by atoms with van der Waals surface area (Å²) in [6.45, 7) is 1.83. The van der Waals surface area contributed by atoms with Gasteiger partial charge in [-0.25, -0.2) is 4.98 Å². The first-order valence-electron chi connectivity index (χ1n) is 12.2. The molecule has 1 aliphatic heterocycles. The van der Waals surface area contributed by atoms with Gasteiger partial charge in [0.05, 0.1) is 18.7 Å². The number of ether oxygens (including phenoxy) is 3. The third-order valence-electron chi connectivity index (χ3n) is 6.38. The van der Waals surface area contributed by atoms with Gasteiger partial charge in [0.2, 0.25) is 0 Å². The first kappa shape index (κ1) is 24.6. The number of carboxylic acids is 1. The first-order chi connectivity index (χ1) is 18.1. The SMILES string of the molecule is COc1ccc(Oc2ccc(COc3ccccc3-c3csc(N4CCC(C(=O)O)CC4)n3)cc2)cc1. The van der Waals surface area contributed by atoms with Gasteiger partial charge in [0, 0.05) is 24.0 Å². The Morgan fingerprint density at radius 3 is 2.30 bits per heavy atom. The quantitative estimate of drug-likeness (QED) is 0.272. The lowest BCUT2D eigenvalue weighted by molar-refractivity contribution is -0.142. The molecule has 0 amide bonds. The van der Waals surface area contributed by atoms with Gasteiger partial charge in [-0.2, -0.15) is 0 Å². The van der Waals surface area contributed by atoms with Crippen LogP contribution in [-0.2, 0) is 11.4 Å². The highest BCUT2D eigenvalue weighted by Gasteiger charge is 2.26. The van der Waals surface area contributed by atoms with E-state index in [4.69, 9.17) is 19.2 Å². The van der Waals surface area contributed by atoms with Crippen molar-refractivity contribution in [1.82, 2.24) is 4.98 Å². The van der Waals surface area contributed by atoms with Crippen molar-refractivity contribution in [2.75, 3.05) is 25.1 Å². The molecule has 0 spiro atoms. The number of aromatic nitrogens is 1. The predicted octanol–water partition coefficient (Wildman–Crippen LogP) is 6.49. The Balaban J connectivity index is 1.21. The Kier molecular flexibility index (Phi) is 7.56. The van der Waals surface area contributed by atoms with Gasteiger partial charge in [0.25, 0.3) is 0 Å². The van der Waals surface area contributed by atoms with Crippen LogP contribution in [0.15, 0.2) is 78.2 Å². The number of anilines is 1. The number of rotatable bonds is 9. The minimum absolute atomic E-state index is 0.257. The van der Waals surface area contributed by atoms with Crippen LogP contribution in [0.2, 0.25) is 0 Å². The molecule has 0 atom stereocenters. The van der Waals surface area contributed by atoms with Crippen molar-refractivity contribution in [2.24, 2.45) is 5.92 Å². The van der Waals surface area contributed by atoms with Gasteiger partial charge in [0.15, 0.2) is 5.13 Å². The number of thiazole rings is 1. The van der Waals surface area contributed by atoms with Crippen LogP contribution in [0.5, 0.6) is 23.0 Å². The average molecular weight is 517 g/mol. The van der Waals surface area contributed by atoms with E-state index < -0.39 is 5.97 Å². The number of carbonyl (C=O) groups is 1. The summed E-state index contributed by atoms with van der Waals surface area (Å²) in [6.07, 6.45) is 1.29. The molecule has 1 N–H and O–H groups in total. The summed E-state index contributed by atoms with van der Waals surface area (Å²) < 4.78 is 17.3. The number of hydrogen-bond acceptors (Lipinski definition) is 7. The molecule has 37 heavy (non-hydrogen) atoms. The second-order valence-corrected chi connectivity index (χ2v) is 9.66. The second kappa shape index (κ2) is 11.3. The largest absolute Gasteiger partial charge is 0.497 e. The molecule has 2 heterocycles. The van der Waals surface area contributed by atoms with Crippen LogP contribution in [0, 0.1) is 5.92 Å². The zero-order chi connectivity index (χ0) is 25.6. The van der Waals surface area contributed by atoms with Gasteiger partial charge in [-0.1, -0.05) is 24.3 Å². The van der Waals surface area contributed by atoms with E-state index in [1.807, 2.05) is 78.2 Å². The summed E-state index contributed by atoms with van der Waals surface area (Å²) in [5, 5.41) is 12.2. The van der Waals surface area contributed by atoms with Crippen molar-refractivity contribution in [2.45, 2.75) is 19.4 Å². The van der Waals surface area contributed by atoms with Crippen LogP contribution in [0.1, 0.15) is 18.4 Å². The highest BCUT2D eigenvalue weighted by molar-refractivity contribution is 7.14. The summed E-state index contributed by atoms with van der Waals surface area (Å²) in [5.74, 6) is 2.08. The normalized spacial score (nSPS) is 13.8. The predicted molar refractivity (Wildman–Crippen MR) is 144 cm³/mol. The molecular weight excluding hydrogens is 488 g/mol. The number of piperidine rings is 1. The van der Waals surface area contributed by atoms with Gasteiger partial charge >= 0.3 is 5.97 Å². The molecule has 1 fully saturated rings. The van der Waals surface area contributed by atoms with E-state index in [-0.39, 0.29) is 5.92 Å². The van der Waals surface area contributed by atoms with Crippen LogP contribution in [0.3, 0.4) is 0 Å². The van der Waals surface area contributed by atoms with Gasteiger partial charge in [-0.05, 0) is 66.9 Å². The summed E-state index contributed by atoms with van der Waals surface area (Å²) >= 11 is 1.58. The lowest BCUT2D eigenvalue weighted by atomic mass is 9.97. The molecule has 190 valence electrons. The molecule has 4 aromatic rings. The molecule has 0 radical (unpaired) electrons. The van der Waals surface area contributed by atoms with E-state index in [9.17, 15) is 9.90 Å². The maximum Gasteiger partial charge on any atom is 0.306 e. The molecule has 0 bridgehead atoms. The summed E-state index contributed by atoms with van der Waals surface area (Å²) in [7, 11) is 1.64. The standard InChI is InChI=1S/C29H28N2O5S/c1-34-22-10-12-24(13-11-22)36-23-8-6-20(7-9-23)18-35-27-5-3-2-4-25(27)26-19-37-29(30-26)31-16-14-21(15-17-31)28(32)33/h2-13,19,21H,14-18H2,1H3,(H,32,33). The van der Waals surface area contributed by atoms with Gasteiger partial charge in [-0.3, -0.25) is 4.79 Å². The van der Waals surface area contributed by atoms with Crippen molar-refractivity contribution in [3.05, 3.63) is 83.7 Å². The molecule has 7 nitrogen and oxygen atoms in total. The Morgan fingerprint density at radius 1 is 0.973 bits per heavy atom. The summed E-state index contributed by atoms with van der Waals surface area (Å²) in [5.41, 5.74) is 2.82. The van der Waals surface area contributed by atoms with E-state index in [0.29, 0.717) is 32.5 Å². The fourth-order valence-corrected chi connectivity index (χ4v) is 5.13. The molecular formula is C29H28N2O5S. The highest BCUT2D eigenvalue weighted by Crippen LogP contribution is 2.35. The second-order valence-electron chi connectivity index (χ2n) is 8.82. The summed E-state index contributed by atoms with van der Waals surface area (Å²) in [6, 6.07) is 23.2. The Morgan fingerprint density at radius 2 is 1.62 bits per heavy atom. The van der Waals surface area contributed by atoms with Crippen molar-refractivity contribution in [3.8, 4) is 34.3 Å². The topological polar surface area (TPSA) is 81.1 Å². The number of para-hydroxylation sites is 1. The van der Waals surface area contributed by atoms with E-state index in [0.717, 1.165) is 45.0 Å². The maximum atomic E-state index is 11.2. The van der Waals surface area contributed by atoms with E-state index in [1.54, 1.807) is 18.4 Å². The lowest BCUT2D eigenvalue weighted by Crippen LogP contribution is -2.36. The van der Waals surface area contributed by atoms with Gasteiger partial charge in [0.1, 0.15) is 29.6 Å². The molecule has 3 aromatic carbocycles. The molecule has 1 aliphatic rings. The number of methoxy groups -OCH3 is 1. The molecule has 0 unspecified atom stereocenters. The van der Waals surface area contributed by atoms with Crippen molar-refractivity contribution in [1.29, 1.82) is 0 Å². The van der Waals surface area contributed by atoms with Crippen LogP contribution in [0.25, 0.3) is 11.3 Å². The highest BCUT2D eigenvalue weighted by atomic mass is 32.1. The lowest BCUT2D eigenvalue weighted by Gasteiger charge is -2.29. The number of aliphatic carboxylic acids is 1. The summed E-state index contributed by atoms with van der Waals surface area (Å²) in [4.78, 5) is 18.3. The van der Waals surface area contributed by atoms with Crippen molar-refractivity contribution < 1.29 is 24.1 Å². The average Bonchev–Trinajstić information content (AvgIpc) is 3.43. The number of hydrogen-bond donors (Lipinski definition) is 1. The Labute approximate surface area is 219 Å². The van der Waals surface area contributed by atoms with Crippen molar-refractivity contribution in [3.63, 3.8) is 0 Å². The molecule has 8 heteroatoms. The first-order valence-corrected chi connectivity index (χ1v) is 13.0. The van der Waals surface area contributed by atoms with Crippen LogP contribution >= 0.6 is 11.3 Å². The maximum absolute atomic E-state index is 11.2. The Bertz CT molecular complexity index is 1330. The molecule has 0 aliphatic carbocycles. The van der Waals surface area contributed by atoms with Gasteiger partial charge < -0.3 is 24.2 Å². The number of carboxylic acid groups (broad SMARTS) is 1. The monoisotopic (exact) mass is 516 g/mol. The minimum atomic E-state index is -0.704. The smallest absolute Gasteiger partial charge is 0.306 e. The minimum Gasteiger partial charge on any atom is -0.497 e. The van der Waals surface area contributed by atoms with Gasteiger partial charge in [-0.15, -0.1) is 11.3 Å². The van der Waals surface area contributed by atoms with E-state index >= 15 is 0 Å². The zero-order valence-electron chi connectivity index (χ0n) is 20.5. The molecule has 1 aromatic heterocycles. The Hall–Kier alpha value is -4.04. The van der Waals surface area contributed by atoms with Crippen LogP contribution in [-0.4, -0.2) is 36.3 Å². The molecule has 1 saturated heterocycles. The number of benzene rings is 3. The number of nitrogens with zero attached hydrogens (tertiary/aromatic N) is 2.